The number of rotatable bonds is 1. The van der Waals surface area contributed by atoms with Crippen LogP contribution in [0.1, 0.15) is 54.6 Å². The molecule has 1 aromatic rings. The Kier molecular flexibility index (Phi) is 5.03. The molecule has 112 valence electrons. The molecule has 0 spiro atoms. The fourth-order valence-electron chi connectivity index (χ4n) is 3.03. The second-order valence-electron chi connectivity index (χ2n) is 5.83. The standard InChI is InChI=1S/C18H23NO2/c1-13-9-10-16(8-5-11-20)12-17(13)18(21)19-14(2)6-4-7-15(19)3/h9-10,12,14-15,20H,4,6-7,11H2,1-3H3/t14-,15+. The van der Waals surface area contributed by atoms with Crippen molar-refractivity contribution in [3.8, 4) is 11.8 Å². The molecule has 1 aromatic carbocycles. The monoisotopic (exact) mass is 285 g/mol. The number of aliphatic hydroxyl groups excluding tert-OH is 1. The van der Waals surface area contributed by atoms with Crippen LogP contribution in [-0.2, 0) is 0 Å². The fraction of sp³-hybridized carbons (Fsp3) is 0.500. The number of benzene rings is 1. The first-order valence-corrected chi connectivity index (χ1v) is 7.57. The Hall–Kier alpha value is -1.79. The minimum atomic E-state index is -0.169. The number of aliphatic hydroxyl groups is 1. The molecule has 0 aromatic heterocycles. The molecule has 1 N–H and O–H groups in total. The molecule has 1 amide bonds. The molecule has 0 saturated carbocycles. The minimum Gasteiger partial charge on any atom is -0.384 e. The largest absolute Gasteiger partial charge is 0.384 e. The Morgan fingerprint density at radius 2 is 2.00 bits per heavy atom. The first-order chi connectivity index (χ1) is 10.0. The molecule has 3 heteroatoms. The number of aryl methyl sites for hydroxylation is 1. The van der Waals surface area contributed by atoms with Crippen molar-refractivity contribution in [2.45, 2.75) is 52.1 Å². The molecule has 2 atom stereocenters. The summed E-state index contributed by atoms with van der Waals surface area (Å²) in [5.74, 6) is 5.60. The van der Waals surface area contributed by atoms with Crippen molar-refractivity contribution in [2.75, 3.05) is 6.61 Å². The first-order valence-electron chi connectivity index (χ1n) is 7.57. The van der Waals surface area contributed by atoms with E-state index < -0.39 is 0 Å². The van der Waals surface area contributed by atoms with E-state index in [-0.39, 0.29) is 24.6 Å². The second kappa shape index (κ2) is 6.78. The van der Waals surface area contributed by atoms with E-state index in [4.69, 9.17) is 5.11 Å². The highest BCUT2D eigenvalue weighted by Gasteiger charge is 2.30. The lowest BCUT2D eigenvalue weighted by atomic mass is 9.95. The van der Waals surface area contributed by atoms with E-state index in [0.29, 0.717) is 0 Å². The molecular formula is C18H23NO2. The van der Waals surface area contributed by atoms with Crippen molar-refractivity contribution in [3.63, 3.8) is 0 Å². The normalized spacial score (nSPS) is 21.6. The predicted molar refractivity (Wildman–Crippen MR) is 84.1 cm³/mol. The minimum absolute atomic E-state index is 0.0971. The van der Waals surface area contributed by atoms with Crippen LogP contribution in [0.25, 0.3) is 0 Å². The van der Waals surface area contributed by atoms with E-state index in [1.807, 2.05) is 30.0 Å². The number of nitrogens with zero attached hydrogens (tertiary/aromatic N) is 1. The van der Waals surface area contributed by atoms with Gasteiger partial charge in [-0.25, -0.2) is 0 Å². The summed E-state index contributed by atoms with van der Waals surface area (Å²) < 4.78 is 0. The maximum absolute atomic E-state index is 12.9. The maximum Gasteiger partial charge on any atom is 0.254 e. The molecule has 3 nitrogen and oxygen atoms in total. The molecule has 0 bridgehead atoms. The van der Waals surface area contributed by atoms with Crippen LogP contribution in [-0.4, -0.2) is 34.6 Å². The van der Waals surface area contributed by atoms with Crippen molar-refractivity contribution in [2.24, 2.45) is 0 Å². The lowest BCUT2D eigenvalue weighted by Gasteiger charge is -2.39. The van der Waals surface area contributed by atoms with Crippen LogP contribution >= 0.6 is 0 Å². The first kappa shape index (κ1) is 15.6. The van der Waals surface area contributed by atoms with Crippen LogP contribution in [0, 0.1) is 18.8 Å². The Morgan fingerprint density at radius 1 is 1.33 bits per heavy atom. The Labute approximate surface area is 127 Å². The molecule has 1 fully saturated rings. The van der Waals surface area contributed by atoms with Crippen LogP contribution in [0.3, 0.4) is 0 Å². The van der Waals surface area contributed by atoms with Gasteiger partial charge in [0.05, 0.1) is 0 Å². The zero-order valence-electron chi connectivity index (χ0n) is 13.0. The highest BCUT2D eigenvalue weighted by atomic mass is 16.2. The third-order valence-corrected chi connectivity index (χ3v) is 4.21. The van der Waals surface area contributed by atoms with Gasteiger partial charge in [0.25, 0.3) is 5.91 Å². The number of piperidine rings is 1. The van der Waals surface area contributed by atoms with E-state index in [1.54, 1.807) is 0 Å². The molecule has 0 unspecified atom stereocenters. The SMILES string of the molecule is Cc1ccc(C#CCO)cc1C(=O)N1[C@H](C)CCC[C@@H]1C. The van der Waals surface area contributed by atoms with Crippen LogP contribution in [0.5, 0.6) is 0 Å². The Morgan fingerprint density at radius 3 is 2.62 bits per heavy atom. The van der Waals surface area contributed by atoms with E-state index in [9.17, 15) is 4.79 Å². The van der Waals surface area contributed by atoms with Crippen LogP contribution in [0.4, 0.5) is 0 Å². The van der Waals surface area contributed by atoms with Gasteiger partial charge in [0.15, 0.2) is 0 Å². The highest BCUT2D eigenvalue weighted by Crippen LogP contribution is 2.25. The summed E-state index contributed by atoms with van der Waals surface area (Å²) in [5.41, 5.74) is 2.47. The van der Waals surface area contributed by atoms with Gasteiger partial charge in [-0.2, -0.15) is 0 Å². The second-order valence-corrected chi connectivity index (χ2v) is 5.83. The molecule has 1 heterocycles. The number of hydrogen-bond acceptors (Lipinski definition) is 2. The lowest BCUT2D eigenvalue weighted by molar-refractivity contribution is 0.0510. The molecular weight excluding hydrogens is 262 g/mol. The molecule has 1 aliphatic heterocycles. The number of likely N-dealkylation sites (tertiary alicyclic amines) is 1. The summed E-state index contributed by atoms with van der Waals surface area (Å²) >= 11 is 0. The van der Waals surface area contributed by atoms with E-state index in [2.05, 4.69) is 25.7 Å². The zero-order valence-corrected chi connectivity index (χ0v) is 13.0. The van der Waals surface area contributed by atoms with Gasteiger partial charge in [0.1, 0.15) is 6.61 Å². The number of amides is 1. The van der Waals surface area contributed by atoms with Gasteiger partial charge < -0.3 is 10.0 Å². The quantitative estimate of drug-likeness (QED) is 0.806. The number of carbonyl (C=O) groups excluding carboxylic acids is 1. The lowest BCUT2D eigenvalue weighted by Crippen LogP contribution is -2.47. The summed E-state index contributed by atoms with van der Waals surface area (Å²) in [6.07, 6.45) is 3.32. The molecule has 0 radical (unpaired) electrons. The average Bonchev–Trinajstić information content (AvgIpc) is 2.46. The third kappa shape index (κ3) is 3.46. The molecule has 0 aliphatic carbocycles. The van der Waals surface area contributed by atoms with E-state index in [1.165, 1.54) is 6.42 Å². The Balaban J connectivity index is 2.33. The third-order valence-electron chi connectivity index (χ3n) is 4.21. The van der Waals surface area contributed by atoms with Crippen molar-refractivity contribution in [1.82, 2.24) is 4.90 Å². The summed E-state index contributed by atoms with van der Waals surface area (Å²) in [6, 6.07) is 6.22. The Bertz CT molecular complexity index is 573. The van der Waals surface area contributed by atoms with Crippen LogP contribution in [0.15, 0.2) is 18.2 Å². The van der Waals surface area contributed by atoms with Crippen molar-refractivity contribution < 1.29 is 9.90 Å². The topological polar surface area (TPSA) is 40.5 Å². The average molecular weight is 285 g/mol. The van der Waals surface area contributed by atoms with Gasteiger partial charge in [-0.05, 0) is 57.7 Å². The van der Waals surface area contributed by atoms with Crippen molar-refractivity contribution >= 4 is 5.91 Å². The van der Waals surface area contributed by atoms with Gasteiger partial charge in [-0.3, -0.25) is 4.79 Å². The molecule has 1 aliphatic rings. The molecule has 1 saturated heterocycles. The molecule has 21 heavy (non-hydrogen) atoms. The number of carbonyl (C=O) groups is 1. The predicted octanol–water partition coefficient (Wildman–Crippen LogP) is 2.74. The van der Waals surface area contributed by atoms with Crippen LogP contribution < -0.4 is 0 Å². The van der Waals surface area contributed by atoms with Gasteiger partial charge in [-0.1, -0.05) is 17.9 Å². The van der Waals surface area contributed by atoms with Crippen molar-refractivity contribution in [1.29, 1.82) is 0 Å². The van der Waals surface area contributed by atoms with E-state index >= 15 is 0 Å². The summed E-state index contributed by atoms with van der Waals surface area (Å²) in [4.78, 5) is 14.9. The van der Waals surface area contributed by atoms with E-state index in [0.717, 1.165) is 29.5 Å². The summed E-state index contributed by atoms with van der Waals surface area (Å²) in [6.45, 7) is 6.03. The van der Waals surface area contributed by atoms with Crippen molar-refractivity contribution in [3.05, 3.63) is 34.9 Å². The fourth-order valence-corrected chi connectivity index (χ4v) is 3.03. The number of hydrogen-bond donors (Lipinski definition) is 1. The molecule has 2 rings (SSSR count). The van der Waals surface area contributed by atoms with Gasteiger partial charge in [0.2, 0.25) is 0 Å². The smallest absolute Gasteiger partial charge is 0.254 e. The van der Waals surface area contributed by atoms with Gasteiger partial charge in [0, 0.05) is 23.2 Å². The summed E-state index contributed by atoms with van der Waals surface area (Å²) in [5, 5.41) is 8.79. The van der Waals surface area contributed by atoms with Gasteiger partial charge >= 0.3 is 0 Å². The van der Waals surface area contributed by atoms with Crippen LogP contribution in [0.2, 0.25) is 0 Å². The zero-order chi connectivity index (χ0) is 15.4. The summed E-state index contributed by atoms with van der Waals surface area (Å²) in [7, 11) is 0. The highest BCUT2D eigenvalue weighted by molar-refractivity contribution is 5.96. The van der Waals surface area contributed by atoms with Gasteiger partial charge in [-0.15, -0.1) is 0 Å². The maximum atomic E-state index is 12.9.